The second-order valence-corrected chi connectivity index (χ2v) is 7.68. The first kappa shape index (κ1) is 14.1. The zero-order valence-corrected chi connectivity index (χ0v) is 11.5. The van der Waals surface area contributed by atoms with E-state index in [2.05, 4.69) is 0 Å². The van der Waals surface area contributed by atoms with Gasteiger partial charge in [0.25, 0.3) is 10.0 Å². The maximum atomic E-state index is 11.8. The molecule has 0 radical (unpaired) electrons. The van der Waals surface area contributed by atoms with Gasteiger partial charge < -0.3 is 0 Å². The molecule has 1 aromatic rings. The Morgan fingerprint density at radius 3 is 2.18 bits per heavy atom. The Morgan fingerprint density at radius 2 is 1.71 bits per heavy atom. The summed E-state index contributed by atoms with van der Waals surface area (Å²) in [6.45, 7) is 4.83. The van der Waals surface area contributed by atoms with Crippen molar-refractivity contribution in [3.8, 4) is 0 Å². The summed E-state index contributed by atoms with van der Waals surface area (Å²) >= 11 is 0. The maximum Gasteiger partial charge on any atom is 0.253 e. The van der Waals surface area contributed by atoms with E-state index in [9.17, 15) is 16.8 Å². The molecule has 96 valence electrons. The summed E-state index contributed by atoms with van der Waals surface area (Å²) in [7, 11) is -7.81. The van der Waals surface area contributed by atoms with Crippen LogP contribution in [0.2, 0.25) is 0 Å². The van der Waals surface area contributed by atoms with Crippen LogP contribution in [0.25, 0.3) is 0 Å². The predicted molar refractivity (Wildman–Crippen MR) is 65.7 cm³/mol. The smallest absolute Gasteiger partial charge is 0.211 e. The molecule has 0 aliphatic carbocycles. The van der Waals surface area contributed by atoms with Gasteiger partial charge in [-0.3, -0.25) is 0 Å². The number of hydrogen-bond acceptors (Lipinski definition) is 4. The molecule has 5 nitrogen and oxygen atoms in total. The van der Waals surface area contributed by atoms with Crippen LogP contribution < -0.4 is 4.13 Å². The van der Waals surface area contributed by atoms with Crippen LogP contribution in [-0.4, -0.2) is 22.6 Å². The van der Waals surface area contributed by atoms with Crippen molar-refractivity contribution in [3.63, 3.8) is 0 Å². The molecular weight excluding hydrogens is 262 g/mol. The van der Waals surface area contributed by atoms with E-state index in [1.165, 1.54) is 13.0 Å². The first-order chi connectivity index (χ1) is 7.68. The van der Waals surface area contributed by atoms with E-state index in [4.69, 9.17) is 0 Å². The van der Waals surface area contributed by atoms with Gasteiger partial charge in [-0.15, -0.1) is 4.13 Å². The van der Waals surface area contributed by atoms with E-state index in [1.54, 1.807) is 23.2 Å². The molecule has 0 heterocycles. The Hall–Kier alpha value is -0.920. The molecule has 0 aliphatic heterocycles. The van der Waals surface area contributed by atoms with Crippen molar-refractivity contribution in [2.45, 2.75) is 25.7 Å². The van der Waals surface area contributed by atoms with E-state index in [1.807, 2.05) is 6.92 Å². The van der Waals surface area contributed by atoms with Gasteiger partial charge in [0.15, 0.2) is 0 Å². The topological polar surface area (TPSA) is 80.3 Å². The van der Waals surface area contributed by atoms with Crippen LogP contribution in [0.15, 0.2) is 23.1 Å². The van der Waals surface area contributed by atoms with E-state index in [0.29, 0.717) is 5.56 Å². The lowest BCUT2D eigenvalue weighted by Crippen LogP contribution is -2.32. The van der Waals surface area contributed by atoms with Gasteiger partial charge in [-0.25, -0.2) is 16.8 Å². The molecule has 1 rings (SSSR count). The molecule has 0 atom stereocenters. The van der Waals surface area contributed by atoms with Crippen LogP contribution >= 0.6 is 0 Å². The van der Waals surface area contributed by atoms with Crippen LogP contribution in [0.3, 0.4) is 0 Å². The highest BCUT2D eigenvalue weighted by molar-refractivity contribution is 8.04. The third-order valence-electron chi connectivity index (χ3n) is 2.24. The molecule has 0 aliphatic rings. The number of hydrogen-bond donors (Lipinski definition) is 1. The second kappa shape index (κ2) is 4.75. The maximum absolute atomic E-state index is 11.8. The number of nitrogens with one attached hydrogen (secondary N) is 1. The number of aryl methyl sites for hydroxylation is 2. The summed E-state index contributed by atoms with van der Waals surface area (Å²) in [4.78, 5) is -0.0138. The number of benzene rings is 1. The van der Waals surface area contributed by atoms with Crippen molar-refractivity contribution in [1.29, 1.82) is 0 Å². The molecular formula is C10H15NO4S2. The molecule has 1 aromatic carbocycles. The molecule has 0 fully saturated rings. The van der Waals surface area contributed by atoms with Gasteiger partial charge in [-0.2, -0.15) is 0 Å². The lowest BCUT2D eigenvalue weighted by atomic mass is 10.2. The Morgan fingerprint density at radius 1 is 1.12 bits per heavy atom. The van der Waals surface area contributed by atoms with Crippen molar-refractivity contribution >= 4 is 20.0 Å². The zero-order valence-electron chi connectivity index (χ0n) is 9.89. The predicted octanol–water partition coefficient (Wildman–Crippen LogP) is 0.931. The summed E-state index contributed by atoms with van der Waals surface area (Å²) < 4.78 is 48.0. The highest BCUT2D eigenvalue weighted by atomic mass is 32.3. The molecule has 0 saturated heterocycles. The minimum atomic E-state index is -4.02. The average Bonchev–Trinajstić information content (AvgIpc) is 2.15. The third-order valence-corrected chi connectivity index (χ3v) is 5.93. The lowest BCUT2D eigenvalue weighted by molar-refractivity contribution is 0.577. The van der Waals surface area contributed by atoms with Gasteiger partial charge in [0.1, 0.15) is 0 Å². The van der Waals surface area contributed by atoms with Crippen molar-refractivity contribution in [2.24, 2.45) is 0 Å². The quantitative estimate of drug-likeness (QED) is 0.888. The Balaban J connectivity index is 3.24. The summed E-state index contributed by atoms with van der Waals surface area (Å²) in [5, 5.41) is 0. The van der Waals surface area contributed by atoms with Gasteiger partial charge in [0.05, 0.1) is 10.6 Å². The fraction of sp³-hybridized carbons (Fsp3) is 0.400. The standard InChI is InChI=1S/C10H15NO4S2/c1-4-16(12,13)11-17(14,15)10-6-5-8(2)7-9(10)3/h5-7,11H,4H2,1-3H3. The van der Waals surface area contributed by atoms with Crippen LogP contribution in [0.1, 0.15) is 18.1 Å². The van der Waals surface area contributed by atoms with Gasteiger partial charge in [-0.05, 0) is 32.4 Å². The minimum Gasteiger partial charge on any atom is -0.211 e. The summed E-state index contributed by atoms with van der Waals surface area (Å²) in [6, 6.07) is 4.71. The third kappa shape index (κ3) is 3.52. The fourth-order valence-electron chi connectivity index (χ4n) is 1.37. The summed E-state index contributed by atoms with van der Waals surface area (Å²) in [5.74, 6) is -0.281. The van der Waals surface area contributed by atoms with E-state index >= 15 is 0 Å². The Kier molecular flexibility index (Phi) is 3.95. The Labute approximate surface area is 102 Å². The number of rotatable bonds is 4. The molecule has 17 heavy (non-hydrogen) atoms. The SMILES string of the molecule is CCS(=O)(=O)NS(=O)(=O)c1ccc(C)cc1C. The van der Waals surface area contributed by atoms with E-state index in [0.717, 1.165) is 5.56 Å². The van der Waals surface area contributed by atoms with Crippen molar-refractivity contribution < 1.29 is 16.8 Å². The average molecular weight is 277 g/mol. The molecule has 0 amide bonds. The molecule has 0 unspecified atom stereocenters. The highest BCUT2D eigenvalue weighted by Gasteiger charge is 2.22. The molecule has 0 saturated carbocycles. The molecule has 0 aromatic heterocycles. The minimum absolute atomic E-state index is 0.0138. The van der Waals surface area contributed by atoms with E-state index < -0.39 is 20.0 Å². The van der Waals surface area contributed by atoms with Gasteiger partial charge in [-0.1, -0.05) is 17.7 Å². The van der Waals surface area contributed by atoms with E-state index in [-0.39, 0.29) is 10.6 Å². The molecule has 1 N–H and O–H groups in total. The zero-order chi connectivity index (χ0) is 13.3. The van der Waals surface area contributed by atoms with Crippen molar-refractivity contribution in [2.75, 3.05) is 5.75 Å². The van der Waals surface area contributed by atoms with Crippen molar-refractivity contribution in [1.82, 2.24) is 4.13 Å². The van der Waals surface area contributed by atoms with Gasteiger partial charge in [0, 0.05) is 0 Å². The van der Waals surface area contributed by atoms with Gasteiger partial charge >= 0.3 is 0 Å². The summed E-state index contributed by atoms with van der Waals surface area (Å²) in [6.07, 6.45) is 0. The lowest BCUT2D eigenvalue weighted by Gasteiger charge is -2.09. The van der Waals surface area contributed by atoms with Crippen LogP contribution in [0, 0.1) is 13.8 Å². The Bertz CT molecular complexity index is 618. The second-order valence-electron chi connectivity index (χ2n) is 3.76. The van der Waals surface area contributed by atoms with Crippen LogP contribution in [-0.2, 0) is 20.0 Å². The number of sulfonamides is 2. The first-order valence-corrected chi connectivity index (χ1v) is 8.15. The highest BCUT2D eigenvalue weighted by Crippen LogP contribution is 2.16. The molecule has 7 heteroatoms. The fourth-order valence-corrected chi connectivity index (χ4v) is 4.27. The summed E-state index contributed by atoms with van der Waals surface area (Å²) in [5.41, 5.74) is 1.43. The van der Waals surface area contributed by atoms with Gasteiger partial charge in [0.2, 0.25) is 10.0 Å². The van der Waals surface area contributed by atoms with Crippen LogP contribution in [0.4, 0.5) is 0 Å². The van der Waals surface area contributed by atoms with Crippen molar-refractivity contribution in [3.05, 3.63) is 29.3 Å². The molecule has 0 spiro atoms. The largest absolute Gasteiger partial charge is 0.253 e. The first-order valence-electron chi connectivity index (χ1n) is 5.01. The molecule has 0 bridgehead atoms. The normalized spacial score (nSPS) is 12.6. The van der Waals surface area contributed by atoms with Crippen LogP contribution in [0.5, 0.6) is 0 Å². The monoisotopic (exact) mass is 277 g/mol.